The van der Waals surface area contributed by atoms with Gasteiger partial charge in [0, 0.05) is 18.7 Å². The van der Waals surface area contributed by atoms with E-state index in [1.54, 1.807) is 12.1 Å². The fourth-order valence-corrected chi connectivity index (χ4v) is 3.50. The molecule has 0 aliphatic carbocycles. The minimum absolute atomic E-state index is 0.142. The molecule has 0 aromatic heterocycles. The predicted molar refractivity (Wildman–Crippen MR) is 135 cm³/mol. The average molecular weight is 460 g/mol. The number of amides is 2. The van der Waals surface area contributed by atoms with Crippen molar-refractivity contribution in [1.82, 2.24) is 5.32 Å². The van der Waals surface area contributed by atoms with Crippen LogP contribution < -0.4 is 21.1 Å². The van der Waals surface area contributed by atoms with E-state index in [1.165, 1.54) is 0 Å². The molecule has 3 rings (SSSR count). The molecule has 34 heavy (non-hydrogen) atoms. The Balaban J connectivity index is 1.70. The van der Waals surface area contributed by atoms with Crippen LogP contribution in [0.3, 0.4) is 0 Å². The first-order valence-electron chi connectivity index (χ1n) is 11.7. The molecule has 0 bridgehead atoms. The van der Waals surface area contributed by atoms with Crippen LogP contribution in [0.2, 0.25) is 0 Å². The van der Waals surface area contributed by atoms with Gasteiger partial charge in [-0.05, 0) is 47.4 Å². The summed E-state index contributed by atoms with van der Waals surface area (Å²) in [5, 5.41) is 5.80. The first kappa shape index (κ1) is 25.0. The number of anilines is 1. The summed E-state index contributed by atoms with van der Waals surface area (Å²) in [6.07, 6.45) is 3.19. The van der Waals surface area contributed by atoms with Crippen LogP contribution >= 0.6 is 0 Å². The lowest BCUT2D eigenvalue weighted by molar-refractivity contribution is -0.126. The molecule has 0 saturated carbocycles. The molecular weight excluding hydrogens is 426 g/mol. The van der Waals surface area contributed by atoms with Crippen LogP contribution in [0, 0.1) is 0 Å². The smallest absolute Gasteiger partial charge is 0.251 e. The van der Waals surface area contributed by atoms with Gasteiger partial charge in [0.25, 0.3) is 5.91 Å². The summed E-state index contributed by atoms with van der Waals surface area (Å²) in [5.41, 5.74) is 9.04. The zero-order valence-corrected chi connectivity index (χ0v) is 19.6. The molecule has 1 atom stereocenters. The fraction of sp³-hybridized carbons (Fsp3) is 0.286. The molecule has 178 valence electrons. The highest BCUT2D eigenvalue weighted by Crippen LogP contribution is 2.21. The second kappa shape index (κ2) is 13.2. The molecule has 0 saturated heterocycles. The third kappa shape index (κ3) is 7.74. The van der Waals surface area contributed by atoms with Crippen molar-refractivity contribution in [2.45, 2.75) is 51.8 Å². The van der Waals surface area contributed by atoms with Crippen LogP contribution in [0.25, 0.3) is 0 Å². The van der Waals surface area contributed by atoms with Crippen molar-refractivity contribution in [2.75, 3.05) is 5.32 Å². The first-order valence-corrected chi connectivity index (χ1v) is 11.7. The Labute approximate surface area is 201 Å². The zero-order chi connectivity index (χ0) is 24.2. The molecule has 4 N–H and O–H groups in total. The van der Waals surface area contributed by atoms with Crippen LogP contribution in [-0.4, -0.2) is 11.8 Å². The standard InChI is InChI=1S/C28H33N3O3/c1-2-3-5-10-26(32)31-27(28(33)30-24-15-11-21(19-29)12-16-24)23-13-17-25(18-14-23)34-20-22-8-6-4-7-9-22/h4,6-9,11-18,27H,2-3,5,10,19-20,29H2,1H3,(H,30,33)(H,31,32)/t27-/m0/s1. The molecule has 6 heteroatoms. The number of rotatable bonds is 12. The summed E-state index contributed by atoms with van der Waals surface area (Å²) in [7, 11) is 0. The van der Waals surface area contributed by atoms with Crippen molar-refractivity contribution in [2.24, 2.45) is 5.73 Å². The molecule has 0 heterocycles. The third-order valence-corrected chi connectivity index (χ3v) is 5.49. The quantitative estimate of drug-likeness (QED) is 0.329. The van der Waals surface area contributed by atoms with E-state index in [0.29, 0.717) is 36.6 Å². The second-order valence-corrected chi connectivity index (χ2v) is 8.19. The summed E-state index contributed by atoms with van der Waals surface area (Å²) in [5.74, 6) is 0.247. The number of hydrogen-bond donors (Lipinski definition) is 3. The highest BCUT2D eigenvalue weighted by molar-refractivity contribution is 5.97. The van der Waals surface area contributed by atoms with Gasteiger partial charge in [0.05, 0.1) is 0 Å². The minimum Gasteiger partial charge on any atom is -0.489 e. The number of unbranched alkanes of at least 4 members (excludes halogenated alkanes) is 2. The number of carbonyl (C=O) groups excluding carboxylic acids is 2. The summed E-state index contributed by atoms with van der Waals surface area (Å²) in [4.78, 5) is 25.7. The van der Waals surface area contributed by atoms with E-state index in [-0.39, 0.29) is 11.8 Å². The molecule has 0 fully saturated rings. The molecule has 2 amide bonds. The fourth-order valence-electron chi connectivity index (χ4n) is 3.50. The molecular formula is C28H33N3O3. The number of carbonyl (C=O) groups is 2. The van der Waals surface area contributed by atoms with Crippen LogP contribution in [0.1, 0.15) is 55.3 Å². The van der Waals surface area contributed by atoms with Gasteiger partial charge in [-0.1, -0.05) is 74.4 Å². The number of ether oxygens (including phenoxy) is 1. The summed E-state index contributed by atoms with van der Waals surface area (Å²) < 4.78 is 5.85. The maximum absolute atomic E-state index is 13.1. The van der Waals surface area contributed by atoms with E-state index in [2.05, 4.69) is 17.6 Å². The van der Waals surface area contributed by atoms with Gasteiger partial charge < -0.3 is 21.1 Å². The molecule has 0 radical (unpaired) electrons. The van der Waals surface area contributed by atoms with Gasteiger partial charge in [-0.15, -0.1) is 0 Å². The summed E-state index contributed by atoms with van der Waals surface area (Å²) >= 11 is 0. The molecule has 3 aromatic rings. The van der Waals surface area contributed by atoms with Crippen molar-refractivity contribution < 1.29 is 14.3 Å². The highest BCUT2D eigenvalue weighted by atomic mass is 16.5. The van der Waals surface area contributed by atoms with Gasteiger partial charge in [0.15, 0.2) is 0 Å². The van der Waals surface area contributed by atoms with Crippen molar-refractivity contribution >= 4 is 17.5 Å². The van der Waals surface area contributed by atoms with Gasteiger partial charge in [0.1, 0.15) is 18.4 Å². The van der Waals surface area contributed by atoms with Gasteiger partial charge in [-0.2, -0.15) is 0 Å². The summed E-state index contributed by atoms with van der Waals surface area (Å²) in [6.45, 7) is 2.98. The van der Waals surface area contributed by atoms with Gasteiger partial charge in [-0.25, -0.2) is 0 Å². The Morgan fingerprint density at radius 3 is 2.24 bits per heavy atom. The van der Waals surface area contributed by atoms with Gasteiger partial charge >= 0.3 is 0 Å². The van der Waals surface area contributed by atoms with Crippen molar-refractivity contribution in [1.29, 1.82) is 0 Å². The number of benzene rings is 3. The minimum atomic E-state index is -0.813. The van der Waals surface area contributed by atoms with Crippen LogP contribution in [0.5, 0.6) is 5.75 Å². The van der Waals surface area contributed by atoms with Gasteiger partial charge in [0.2, 0.25) is 5.91 Å². The van der Waals surface area contributed by atoms with Crippen LogP contribution in [0.4, 0.5) is 5.69 Å². The average Bonchev–Trinajstić information content (AvgIpc) is 2.87. The molecule has 0 aliphatic heterocycles. The van der Waals surface area contributed by atoms with E-state index in [9.17, 15) is 9.59 Å². The molecule has 0 unspecified atom stereocenters. The third-order valence-electron chi connectivity index (χ3n) is 5.49. The van der Waals surface area contributed by atoms with E-state index in [1.807, 2.05) is 66.7 Å². The monoisotopic (exact) mass is 459 g/mol. The molecule has 3 aromatic carbocycles. The Kier molecular flexibility index (Phi) is 9.67. The predicted octanol–water partition coefficient (Wildman–Crippen LogP) is 5.10. The molecule has 0 aliphatic rings. The van der Waals surface area contributed by atoms with E-state index in [0.717, 1.165) is 30.4 Å². The van der Waals surface area contributed by atoms with Crippen LogP contribution in [0.15, 0.2) is 78.9 Å². The second-order valence-electron chi connectivity index (χ2n) is 8.19. The van der Waals surface area contributed by atoms with Crippen molar-refractivity contribution in [3.05, 3.63) is 95.6 Å². The zero-order valence-electron chi connectivity index (χ0n) is 19.6. The molecule has 0 spiro atoms. The SMILES string of the molecule is CCCCCC(=O)N[C@H](C(=O)Nc1ccc(CN)cc1)c1ccc(OCc2ccccc2)cc1. The lowest BCUT2D eigenvalue weighted by Gasteiger charge is -2.20. The van der Waals surface area contributed by atoms with Crippen molar-refractivity contribution in [3.63, 3.8) is 0 Å². The number of nitrogens with two attached hydrogens (primary N) is 1. The topological polar surface area (TPSA) is 93.5 Å². The van der Waals surface area contributed by atoms with E-state index >= 15 is 0 Å². The number of nitrogens with one attached hydrogen (secondary N) is 2. The maximum atomic E-state index is 13.1. The Hall–Kier alpha value is -3.64. The summed E-state index contributed by atoms with van der Waals surface area (Å²) in [6, 6.07) is 23.7. The highest BCUT2D eigenvalue weighted by Gasteiger charge is 2.23. The molecule has 6 nitrogen and oxygen atoms in total. The largest absolute Gasteiger partial charge is 0.489 e. The van der Waals surface area contributed by atoms with Crippen LogP contribution in [-0.2, 0) is 22.7 Å². The van der Waals surface area contributed by atoms with Crippen molar-refractivity contribution in [3.8, 4) is 5.75 Å². The lowest BCUT2D eigenvalue weighted by atomic mass is 10.0. The maximum Gasteiger partial charge on any atom is 0.251 e. The van der Waals surface area contributed by atoms with Gasteiger partial charge in [-0.3, -0.25) is 9.59 Å². The Morgan fingerprint density at radius 1 is 0.882 bits per heavy atom. The number of hydrogen-bond acceptors (Lipinski definition) is 4. The lowest BCUT2D eigenvalue weighted by Crippen LogP contribution is -2.36. The normalized spacial score (nSPS) is 11.5. The Morgan fingerprint density at radius 2 is 1.59 bits per heavy atom. The first-order chi connectivity index (χ1) is 16.6. The Bertz CT molecular complexity index is 1030. The van der Waals surface area contributed by atoms with E-state index in [4.69, 9.17) is 10.5 Å². The van der Waals surface area contributed by atoms with E-state index < -0.39 is 6.04 Å².